The molecular formula is C32H34F3N7O4. The summed E-state index contributed by atoms with van der Waals surface area (Å²) in [5.74, 6) is 0.510. The maximum atomic E-state index is 13.8. The normalized spacial score (nSPS) is 16.2. The van der Waals surface area contributed by atoms with Crippen molar-refractivity contribution >= 4 is 17.5 Å². The molecule has 0 unspecified atom stereocenters. The van der Waals surface area contributed by atoms with Crippen LogP contribution in [0.15, 0.2) is 55.6 Å². The van der Waals surface area contributed by atoms with E-state index in [4.69, 9.17) is 9.47 Å². The first-order valence-corrected chi connectivity index (χ1v) is 15.2. The molecule has 2 saturated heterocycles. The average Bonchev–Trinajstić information content (AvgIpc) is 3.70. The van der Waals surface area contributed by atoms with E-state index >= 15 is 0 Å². The number of rotatable bonds is 8. The van der Waals surface area contributed by atoms with Crippen LogP contribution in [0.4, 0.5) is 13.2 Å². The number of hydrogen-bond donors (Lipinski definition) is 0. The minimum atomic E-state index is -4.68. The molecule has 2 aliphatic heterocycles. The molecule has 2 aliphatic rings. The summed E-state index contributed by atoms with van der Waals surface area (Å²) in [5.41, 5.74) is 0.538. The Labute approximate surface area is 263 Å². The third-order valence-corrected chi connectivity index (χ3v) is 8.37. The first-order chi connectivity index (χ1) is 22.2. The lowest BCUT2D eigenvalue weighted by atomic mass is 9.98. The van der Waals surface area contributed by atoms with Gasteiger partial charge in [0.1, 0.15) is 5.75 Å². The van der Waals surface area contributed by atoms with Crippen molar-refractivity contribution in [3.63, 3.8) is 0 Å². The van der Waals surface area contributed by atoms with E-state index in [1.54, 1.807) is 23.1 Å². The van der Waals surface area contributed by atoms with Gasteiger partial charge >= 0.3 is 6.18 Å². The summed E-state index contributed by atoms with van der Waals surface area (Å²) < 4.78 is 55.6. The van der Waals surface area contributed by atoms with E-state index in [2.05, 4.69) is 21.6 Å². The number of carbonyl (C=O) groups excluding carboxylic acids is 2. The van der Waals surface area contributed by atoms with Gasteiger partial charge in [0.2, 0.25) is 11.6 Å². The number of halogens is 3. The molecule has 0 spiro atoms. The van der Waals surface area contributed by atoms with Crippen LogP contribution in [0.3, 0.4) is 0 Å². The van der Waals surface area contributed by atoms with E-state index in [1.807, 2.05) is 11.8 Å². The van der Waals surface area contributed by atoms with Gasteiger partial charge in [-0.15, -0.1) is 6.58 Å². The fourth-order valence-corrected chi connectivity index (χ4v) is 5.96. The summed E-state index contributed by atoms with van der Waals surface area (Å²) in [6.45, 7) is 8.72. The number of hydrogen-bond acceptors (Lipinski definition) is 7. The molecule has 0 saturated carbocycles. The molecule has 242 valence electrons. The second kappa shape index (κ2) is 12.9. The fourth-order valence-electron chi connectivity index (χ4n) is 5.96. The summed E-state index contributed by atoms with van der Waals surface area (Å²) in [7, 11) is 0. The highest BCUT2D eigenvalue weighted by molar-refractivity contribution is 5.96. The first-order valence-electron chi connectivity index (χ1n) is 15.2. The Kier molecular flexibility index (Phi) is 8.80. The van der Waals surface area contributed by atoms with Crippen molar-refractivity contribution in [2.24, 2.45) is 5.92 Å². The van der Waals surface area contributed by atoms with Crippen molar-refractivity contribution in [1.82, 2.24) is 33.9 Å². The largest absolute Gasteiger partial charge is 0.436 e. The zero-order valence-corrected chi connectivity index (χ0v) is 25.4. The lowest BCUT2D eigenvalue weighted by molar-refractivity contribution is -0.141. The number of nitrogens with zero attached hydrogens (tertiary/aromatic N) is 7. The minimum Gasteiger partial charge on any atom is -0.436 e. The van der Waals surface area contributed by atoms with Crippen LogP contribution >= 0.6 is 0 Å². The number of piperazine rings is 1. The maximum absolute atomic E-state index is 13.8. The van der Waals surface area contributed by atoms with E-state index in [1.165, 1.54) is 39.9 Å². The number of amides is 2. The van der Waals surface area contributed by atoms with Gasteiger partial charge in [-0.3, -0.25) is 18.7 Å². The highest BCUT2D eigenvalue weighted by Crippen LogP contribution is 2.37. The van der Waals surface area contributed by atoms with Crippen LogP contribution in [-0.2, 0) is 28.7 Å². The van der Waals surface area contributed by atoms with Gasteiger partial charge in [-0.2, -0.15) is 18.3 Å². The third-order valence-electron chi connectivity index (χ3n) is 8.37. The lowest BCUT2D eigenvalue weighted by Gasteiger charge is -2.37. The molecule has 0 N–H and O–H groups in total. The van der Waals surface area contributed by atoms with Crippen LogP contribution in [0.2, 0.25) is 0 Å². The van der Waals surface area contributed by atoms with Gasteiger partial charge in [-0.05, 0) is 43.0 Å². The lowest BCUT2D eigenvalue weighted by Crippen LogP contribution is -2.52. The number of imidazole rings is 1. The van der Waals surface area contributed by atoms with Crippen molar-refractivity contribution < 1.29 is 32.2 Å². The Morgan fingerprint density at radius 1 is 1.11 bits per heavy atom. The van der Waals surface area contributed by atoms with E-state index in [9.17, 15) is 22.8 Å². The molecule has 0 radical (unpaired) electrons. The SMILES string of the molecule is C=CCn1cc(-c2cnc3c(Oc4ccc(C(=O)N5CCN(C(=O)C6CCOCC6)CC5)c(CC)c4)nccn23)c(C(F)(F)F)n1. The first kappa shape index (κ1) is 31.3. The summed E-state index contributed by atoms with van der Waals surface area (Å²) in [4.78, 5) is 38.7. The molecule has 0 atom stereocenters. The predicted molar refractivity (Wildman–Crippen MR) is 161 cm³/mol. The van der Waals surface area contributed by atoms with Gasteiger partial charge in [0.25, 0.3) is 11.8 Å². The highest BCUT2D eigenvalue weighted by atomic mass is 19.4. The molecule has 1 aromatic carbocycles. The van der Waals surface area contributed by atoms with Crippen molar-refractivity contribution in [2.45, 2.75) is 38.9 Å². The number of allylic oxidation sites excluding steroid dienone is 1. The van der Waals surface area contributed by atoms with Crippen molar-refractivity contribution in [2.75, 3.05) is 39.4 Å². The molecular weight excluding hydrogens is 603 g/mol. The maximum Gasteiger partial charge on any atom is 0.435 e. The Morgan fingerprint density at radius 3 is 2.54 bits per heavy atom. The summed E-state index contributed by atoms with van der Waals surface area (Å²) in [6.07, 6.45) is 4.36. The Bertz CT molecular complexity index is 1750. The molecule has 2 fully saturated rings. The fraction of sp³-hybridized carbons (Fsp3) is 0.406. The Morgan fingerprint density at radius 2 is 1.85 bits per heavy atom. The standard InChI is InChI=1S/C32H34F3N7O4/c1-3-10-41-20-25(27(38-41)32(33,34)35)26-19-37-28-29(36-9-11-42(26)28)46-23-5-6-24(21(4-2)18-23)31(44)40-14-12-39(13-15-40)30(43)22-7-16-45-17-8-22/h3,5-6,9,11,18-20,22H,1,4,7-8,10,12-17H2,2H3. The van der Waals surface area contributed by atoms with Crippen LogP contribution in [0.5, 0.6) is 11.6 Å². The van der Waals surface area contributed by atoms with Gasteiger partial charge in [-0.25, -0.2) is 9.97 Å². The molecule has 4 aromatic rings. The summed E-state index contributed by atoms with van der Waals surface area (Å²) in [6, 6.07) is 5.12. The van der Waals surface area contributed by atoms with E-state index in [0.717, 1.165) is 18.4 Å². The van der Waals surface area contributed by atoms with Crippen molar-refractivity contribution in [1.29, 1.82) is 0 Å². The Hall–Kier alpha value is -4.72. The molecule has 14 heteroatoms. The van der Waals surface area contributed by atoms with Crippen LogP contribution in [0, 0.1) is 5.92 Å². The molecule has 6 rings (SSSR count). The second-order valence-electron chi connectivity index (χ2n) is 11.2. The quantitative estimate of drug-likeness (QED) is 0.254. The molecule has 46 heavy (non-hydrogen) atoms. The van der Waals surface area contributed by atoms with Crippen LogP contribution in [0.25, 0.3) is 16.9 Å². The third kappa shape index (κ3) is 6.21. The molecule has 11 nitrogen and oxygen atoms in total. The van der Waals surface area contributed by atoms with Gasteiger partial charge in [0.15, 0.2) is 5.69 Å². The second-order valence-corrected chi connectivity index (χ2v) is 11.2. The summed E-state index contributed by atoms with van der Waals surface area (Å²) >= 11 is 0. The molecule has 2 amide bonds. The number of ether oxygens (including phenoxy) is 2. The molecule has 0 aliphatic carbocycles. The number of aryl methyl sites for hydroxylation is 1. The topological polar surface area (TPSA) is 107 Å². The smallest absolute Gasteiger partial charge is 0.435 e. The number of alkyl halides is 3. The minimum absolute atomic E-state index is 0.0112. The number of fused-ring (bicyclic) bond motifs is 1. The van der Waals surface area contributed by atoms with Crippen molar-refractivity contribution in [3.05, 3.63) is 72.5 Å². The monoisotopic (exact) mass is 637 g/mol. The Balaban J connectivity index is 1.19. The van der Waals surface area contributed by atoms with E-state index in [-0.39, 0.29) is 47.1 Å². The van der Waals surface area contributed by atoms with E-state index in [0.29, 0.717) is 57.1 Å². The highest BCUT2D eigenvalue weighted by Gasteiger charge is 2.38. The van der Waals surface area contributed by atoms with E-state index < -0.39 is 11.9 Å². The number of aromatic nitrogens is 5. The van der Waals surface area contributed by atoms with Gasteiger partial charge in [0.05, 0.1) is 24.0 Å². The zero-order chi connectivity index (χ0) is 32.4. The van der Waals surface area contributed by atoms with Crippen LogP contribution in [-0.4, -0.2) is 85.2 Å². The van der Waals surface area contributed by atoms with Crippen LogP contribution < -0.4 is 4.74 Å². The van der Waals surface area contributed by atoms with Crippen molar-refractivity contribution in [3.8, 4) is 22.9 Å². The van der Waals surface area contributed by atoms with Gasteiger partial charge in [-0.1, -0.05) is 13.0 Å². The zero-order valence-electron chi connectivity index (χ0n) is 25.4. The van der Waals surface area contributed by atoms with Gasteiger partial charge in [0, 0.05) is 69.5 Å². The number of benzene rings is 1. The van der Waals surface area contributed by atoms with Gasteiger partial charge < -0.3 is 19.3 Å². The number of carbonyl (C=O) groups is 2. The average molecular weight is 638 g/mol. The molecule has 5 heterocycles. The molecule has 3 aromatic heterocycles. The summed E-state index contributed by atoms with van der Waals surface area (Å²) in [5, 5.41) is 3.71. The molecule has 0 bridgehead atoms. The predicted octanol–water partition coefficient (Wildman–Crippen LogP) is 4.86. The van der Waals surface area contributed by atoms with Crippen LogP contribution in [0.1, 0.15) is 41.4 Å².